The lowest BCUT2D eigenvalue weighted by atomic mass is 10.3. The molecule has 0 aliphatic carbocycles. The molecule has 6 heteroatoms. The fourth-order valence-corrected chi connectivity index (χ4v) is 2.61. The van der Waals surface area contributed by atoms with Gasteiger partial charge in [0.2, 0.25) is 0 Å². The molecule has 0 saturated heterocycles. The number of nitrogens with zero attached hydrogens (tertiary/aromatic N) is 1. The number of aromatic amines is 1. The van der Waals surface area contributed by atoms with Crippen LogP contribution in [0.4, 0.5) is 0 Å². The fraction of sp³-hybridized carbons (Fsp3) is 0.111. The van der Waals surface area contributed by atoms with Gasteiger partial charge in [-0.1, -0.05) is 23.8 Å². The van der Waals surface area contributed by atoms with Crippen molar-refractivity contribution < 1.29 is 4.74 Å². The van der Waals surface area contributed by atoms with E-state index in [2.05, 4.69) is 9.97 Å². The molecule has 2 heterocycles. The highest BCUT2D eigenvalue weighted by molar-refractivity contribution is 7.71. The van der Waals surface area contributed by atoms with Gasteiger partial charge in [0.15, 0.2) is 10.4 Å². The van der Waals surface area contributed by atoms with Crippen LogP contribution in [-0.4, -0.2) is 17.1 Å². The summed E-state index contributed by atoms with van der Waals surface area (Å²) in [4.78, 5) is 7.85. The highest BCUT2D eigenvalue weighted by atomic mass is 35.5. The monoisotopic (exact) mass is 258 g/mol. The Morgan fingerprint density at radius 3 is 3.00 bits per heavy atom. The van der Waals surface area contributed by atoms with Crippen LogP contribution in [0.1, 0.15) is 0 Å². The molecule has 0 atom stereocenters. The second-order valence-electron chi connectivity index (χ2n) is 2.71. The van der Waals surface area contributed by atoms with E-state index in [4.69, 9.17) is 28.6 Å². The quantitative estimate of drug-likeness (QED) is 0.838. The van der Waals surface area contributed by atoms with Crippen molar-refractivity contribution in [2.75, 3.05) is 7.11 Å². The topological polar surface area (TPSA) is 37.9 Å². The van der Waals surface area contributed by atoms with Crippen LogP contribution in [0.3, 0.4) is 0 Å². The summed E-state index contributed by atoms with van der Waals surface area (Å²) in [5, 5.41) is 2.59. The van der Waals surface area contributed by atoms with Gasteiger partial charge in [-0.25, -0.2) is 4.98 Å². The molecule has 0 amide bonds. The minimum absolute atomic E-state index is 0.427. The molecule has 78 valence electrons. The SMILES string of the molecule is COc1c(-c2sccc2Cl)[nH]cnc1=S. The third kappa shape index (κ3) is 1.90. The fourth-order valence-electron chi connectivity index (χ4n) is 1.22. The number of hydrogen-bond donors (Lipinski definition) is 1. The van der Waals surface area contributed by atoms with Crippen LogP contribution in [0, 0.1) is 4.64 Å². The Balaban J connectivity index is 2.68. The zero-order chi connectivity index (χ0) is 10.8. The summed E-state index contributed by atoms with van der Waals surface area (Å²) in [5.41, 5.74) is 0.775. The van der Waals surface area contributed by atoms with Gasteiger partial charge in [0.1, 0.15) is 5.69 Å². The predicted molar refractivity (Wildman–Crippen MR) is 64.3 cm³/mol. The molecule has 0 fully saturated rings. The molecular weight excluding hydrogens is 252 g/mol. The lowest BCUT2D eigenvalue weighted by Gasteiger charge is -2.06. The van der Waals surface area contributed by atoms with Crippen molar-refractivity contribution >= 4 is 35.2 Å². The maximum Gasteiger partial charge on any atom is 0.180 e. The molecule has 0 saturated carbocycles. The third-order valence-electron chi connectivity index (χ3n) is 1.86. The lowest BCUT2D eigenvalue weighted by Crippen LogP contribution is -1.93. The Hall–Kier alpha value is -0.910. The zero-order valence-corrected chi connectivity index (χ0v) is 10.2. The van der Waals surface area contributed by atoms with E-state index in [1.165, 1.54) is 17.7 Å². The highest BCUT2D eigenvalue weighted by Crippen LogP contribution is 2.36. The van der Waals surface area contributed by atoms with E-state index < -0.39 is 0 Å². The van der Waals surface area contributed by atoms with Gasteiger partial charge in [0.05, 0.1) is 23.3 Å². The predicted octanol–water partition coefficient (Wildman–Crippen LogP) is 3.53. The largest absolute Gasteiger partial charge is 0.491 e. The summed E-state index contributed by atoms with van der Waals surface area (Å²) in [5.74, 6) is 0.553. The maximum absolute atomic E-state index is 6.04. The Labute approximate surface area is 101 Å². The molecule has 0 bridgehead atoms. The van der Waals surface area contributed by atoms with E-state index in [-0.39, 0.29) is 0 Å². The van der Waals surface area contributed by atoms with E-state index in [1.807, 2.05) is 11.4 Å². The zero-order valence-electron chi connectivity index (χ0n) is 7.78. The molecule has 0 spiro atoms. The van der Waals surface area contributed by atoms with Gasteiger partial charge in [-0.05, 0) is 11.4 Å². The number of aromatic nitrogens is 2. The molecule has 0 aliphatic rings. The summed E-state index contributed by atoms with van der Waals surface area (Å²) < 4.78 is 5.63. The normalized spacial score (nSPS) is 10.3. The van der Waals surface area contributed by atoms with Gasteiger partial charge in [-0.2, -0.15) is 0 Å². The van der Waals surface area contributed by atoms with Crippen molar-refractivity contribution in [1.29, 1.82) is 0 Å². The van der Waals surface area contributed by atoms with Crippen molar-refractivity contribution in [3.63, 3.8) is 0 Å². The second-order valence-corrected chi connectivity index (χ2v) is 4.42. The first-order valence-corrected chi connectivity index (χ1v) is 5.75. The van der Waals surface area contributed by atoms with Crippen LogP contribution >= 0.6 is 35.2 Å². The van der Waals surface area contributed by atoms with E-state index >= 15 is 0 Å². The smallest absolute Gasteiger partial charge is 0.180 e. The summed E-state index contributed by atoms with van der Waals surface area (Å²) in [6.45, 7) is 0. The van der Waals surface area contributed by atoms with Crippen molar-refractivity contribution in [3.8, 4) is 16.3 Å². The van der Waals surface area contributed by atoms with Crippen LogP contribution < -0.4 is 4.74 Å². The van der Waals surface area contributed by atoms with E-state index in [9.17, 15) is 0 Å². The molecule has 0 radical (unpaired) electrons. The van der Waals surface area contributed by atoms with Crippen LogP contribution in [-0.2, 0) is 0 Å². The Kier molecular flexibility index (Phi) is 3.04. The first kappa shape index (κ1) is 10.6. The van der Waals surface area contributed by atoms with E-state index in [0.29, 0.717) is 15.4 Å². The van der Waals surface area contributed by atoms with Crippen molar-refractivity contribution in [3.05, 3.63) is 27.4 Å². The number of halogens is 1. The average Bonchev–Trinajstić information content (AvgIpc) is 2.64. The second kappa shape index (κ2) is 4.30. The molecule has 0 aliphatic heterocycles. The molecule has 15 heavy (non-hydrogen) atoms. The Bertz CT molecular complexity index is 535. The van der Waals surface area contributed by atoms with Crippen molar-refractivity contribution in [2.24, 2.45) is 0 Å². The summed E-state index contributed by atoms with van der Waals surface area (Å²) in [7, 11) is 1.56. The number of methoxy groups -OCH3 is 1. The van der Waals surface area contributed by atoms with Crippen LogP contribution in [0.5, 0.6) is 5.75 Å². The number of rotatable bonds is 2. The van der Waals surface area contributed by atoms with Crippen molar-refractivity contribution in [1.82, 2.24) is 9.97 Å². The molecule has 3 nitrogen and oxygen atoms in total. The number of hydrogen-bond acceptors (Lipinski definition) is 4. The van der Waals surface area contributed by atoms with Gasteiger partial charge in [-0.15, -0.1) is 11.3 Å². The van der Waals surface area contributed by atoms with Gasteiger partial charge < -0.3 is 9.72 Å². The Morgan fingerprint density at radius 2 is 2.40 bits per heavy atom. The molecule has 1 N–H and O–H groups in total. The molecular formula is C9H7ClN2OS2. The van der Waals surface area contributed by atoms with Gasteiger partial charge in [-0.3, -0.25) is 0 Å². The van der Waals surface area contributed by atoms with Gasteiger partial charge in [0.25, 0.3) is 0 Å². The van der Waals surface area contributed by atoms with Crippen molar-refractivity contribution in [2.45, 2.75) is 0 Å². The highest BCUT2D eigenvalue weighted by Gasteiger charge is 2.12. The number of thiophene rings is 1. The number of H-pyrrole nitrogens is 1. The first-order valence-electron chi connectivity index (χ1n) is 4.09. The Morgan fingerprint density at radius 1 is 1.60 bits per heavy atom. The third-order valence-corrected chi connectivity index (χ3v) is 3.51. The molecule has 2 rings (SSSR count). The van der Waals surface area contributed by atoms with Crippen LogP contribution in [0.15, 0.2) is 17.8 Å². The maximum atomic E-state index is 6.04. The summed E-state index contributed by atoms with van der Waals surface area (Å²) >= 11 is 12.6. The summed E-state index contributed by atoms with van der Waals surface area (Å²) in [6, 6.07) is 1.83. The minimum atomic E-state index is 0.427. The molecule has 2 aromatic heterocycles. The molecule has 2 aromatic rings. The van der Waals surface area contributed by atoms with Gasteiger partial charge >= 0.3 is 0 Å². The standard InChI is InChI=1S/C9H7ClN2OS2/c1-13-7-6(11-4-12-9(7)14)8-5(10)2-3-15-8/h2-4H,1H3,(H,11,12,14). The first-order chi connectivity index (χ1) is 7.24. The molecule has 0 aromatic carbocycles. The molecule has 0 unspecified atom stereocenters. The number of nitrogens with one attached hydrogen (secondary N) is 1. The lowest BCUT2D eigenvalue weighted by molar-refractivity contribution is 0.411. The van der Waals surface area contributed by atoms with Gasteiger partial charge in [0, 0.05) is 0 Å². The average molecular weight is 259 g/mol. The minimum Gasteiger partial charge on any atom is -0.491 e. The summed E-state index contributed by atoms with van der Waals surface area (Å²) in [6.07, 6.45) is 1.54. The van der Waals surface area contributed by atoms with E-state index in [1.54, 1.807) is 7.11 Å². The van der Waals surface area contributed by atoms with E-state index in [0.717, 1.165) is 10.6 Å². The number of ether oxygens (including phenoxy) is 1. The van der Waals surface area contributed by atoms with Crippen LogP contribution in [0.2, 0.25) is 5.02 Å². The van der Waals surface area contributed by atoms with Crippen LogP contribution in [0.25, 0.3) is 10.6 Å².